The zero-order valence-electron chi connectivity index (χ0n) is 33.6. The molecule has 7 aromatic heterocycles. The quantitative estimate of drug-likeness (QED) is 0.175. The molecule has 2 aliphatic heterocycles. The molecule has 64 heavy (non-hydrogen) atoms. The van der Waals surface area contributed by atoms with Crippen molar-refractivity contribution in [2.75, 3.05) is 0 Å². The highest BCUT2D eigenvalue weighted by Crippen LogP contribution is 2.44. The molecule has 0 atom stereocenters. The molecule has 0 amide bonds. The van der Waals surface area contributed by atoms with Crippen LogP contribution in [0.15, 0.2) is 171 Å². The molecule has 2 N–H and O–H groups in total. The fraction of sp³-hybridized carbons (Fsp3) is 0. The van der Waals surface area contributed by atoms with Gasteiger partial charge in [-0.15, -0.1) is 0 Å². The summed E-state index contributed by atoms with van der Waals surface area (Å²) in [6.45, 7) is 0. The molecule has 8 bridgehead atoms. The Bertz CT molecular complexity index is 3580. The normalized spacial score (nSPS) is 11.8. The lowest BCUT2D eigenvalue weighted by Gasteiger charge is -2.08. The van der Waals surface area contributed by atoms with Crippen LogP contribution < -0.4 is 0 Å². The summed E-state index contributed by atoms with van der Waals surface area (Å²) < 4.78 is 0. The van der Waals surface area contributed by atoms with Gasteiger partial charge >= 0.3 is 0 Å². The fourth-order valence-corrected chi connectivity index (χ4v) is 9.07. The Morgan fingerprint density at radius 1 is 0.266 bits per heavy atom. The number of fused-ring (bicyclic) bond motifs is 20. The highest BCUT2D eigenvalue weighted by Gasteiger charge is 2.27. The lowest BCUT2D eigenvalue weighted by molar-refractivity contribution is 1.19. The van der Waals surface area contributed by atoms with Gasteiger partial charge in [-0.05, 0) is 93.0 Å². The van der Waals surface area contributed by atoms with Crippen molar-refractivity contribution in [2.24, 2.45) is 0 Å². The van der Waals surface area contributed by atoms with Crippen LogP contribution in [0.3, 0.4) is 0 Å². The van der Waals surface area contributed by atoms with Gasteiger partial charge in [0.05, 0.1) is 0 Å². The van der Waals surface area contributed by atoms with Gasteiger partial charge in [0.15, 0.2) is 23.3 Å². The zero-order chi connectivity index (χ0) is 42.1. The van der Waals surface area contributed by atoms with E-state index in [1.54, 1.807) is 49.6 Å². The Kier molecular flexibility index (Phi) is 7.90. The van der Waals surface area contributed by atoms with Gasteiger partial charge in [0.2, 0.25) is 0 Å². The highest BCUT2D eigenvalue weighted by atomic mass is 15.1. The number of hydrogen-bond acceptors (Lipinski definition) is 10. The molecule has 9 heterocycles. The first-order valence-electron chi connectivity index (χ1n) is 20.7. The topological polar surface area (TPSA) is 160 Å². The molecular weight excluding hydrogens is 793 g/mol. The van der Waals surface area contributed by atoms with Crippen LogP contribution in [0.1, 0.15) is 0 Å². The van der Waals surface area contributed by atoms with Gasteiger partial charge in [0, 0.05) is 93.4 Å². The fourth-order valence-electron chi connectivity index (χ4n) is 9.07. The van der Waals surface area contributed by atoms with E-state index in [4.69, 9.17) is 29.9 Å². The Morgan fingerprint density at radius 3 is 0.969 bits per heavy atom. The Morgan fingerprint density at radius 2 is 0.578 bits per heavy atom. The van der Waals surface area contributed by atoms with Crippen molar-refractivity contribution < 1.29 is 0 Å². The molecule has 13 rings (SSSR count). The van der Waals surface area contributed by atoms with Crippen molar-refractivity contribution >= 4 is 44.1 Å². The molecule has 0 aliphatic carbocycles. The lowest BCUT2D eigenvalue weighted by atomic mass is 9.96. The smallest absolute Gasteiger partial charge is 0.165 e. The molecule has 2 aliphatic rings. The number of rotatable bonds is 4. The number of H-pyrrole nitrogens is 2. The third-order valence-corrected chi connectivity index (χ3v) is 11.9. The minimum absolute atomic E-state index is 0.508. The minimum Gasteiger partial charge on any atom is -0.324 e. The summed E-state index contributed by atoms with van der Waals surface area (Å²) in [4.78, 5) is 56.8. The second kappa shape index (κ2) is 14.2. The summed E-state index contributed by atoms with van der Waals surface area (Å²) in [5.41, 5.74) is 13.6. The Hall–Kier alpha value is -9.16. The number of aromatic nitrogens is 12. The van der Waals surface area contributed by atoms with Gasteiger partial charge < -0.3 is 9.97 Å². The van der Waals surface area contributed by atoms with Gasteiger partial charge in [0.1, 0.15) is 22.6 Å². The minimum atomic E-state index is 0.508. The Balaban J connectivity index is 1.23. The van der Waals surface area contributed by atoms with E-state index in [9.17, 15) is 0 Å². The molecule has 0 radical (unpaired) electrons. The second-order valence-electron chi connectivity index (χ2n) is 15.5. The van der Waals surface area contributed by atoms with E-state index in [2.05, 4.69) is 78.4 Å². The van der Waals surface area contributed by atoms with E-state index in [1.165, 1.54) is 0 Å². The molecule has 298 valence electrons. The summed E-state index contributed by atoms with van der Waals surface area (Å²) in [6.07, 6.45) is 14.4. The number of nitrogens with one attached hydrogen (secondary N) is 2. The van der Waals surface area contributed by atoms with Gasteiger partial charge in [-0.1, -0.05) is 72.8 Å². The van der Waals surface area contributed by atoms with E-state index in [1.807, 2.05) is 72.8 Å². The molecular formula is C52H30N12. The Labute approximate surface area is 363 Å². The zero-order valence-corrected chi connectivity index (χ0v) is 33.6. The summed E-state index contributed by atoms with van der Waals surface area (Å²) in [6, 6.07) is 40.8. The molecule has 12 nitrogen and oxygen atoms in total. The van der Waals surface area contributed by atoms with Crippen LogP contribution in [0.4, 0.5) is 0 Å². The van der Waals surface area contributed by atoms with Crippen molar-refractivity contribution in [2.45, 2.75) is 0 Å². The molecule has 0 saturated carbocycles. The van der Waals surface area contributed by atoms with Crippen LogP contribution in [0, 0.1) is 0 Å². The summed E-state index contributed by atoms with van der Waals surface area (Å²) in [5.74, 6) is 2.03. The van der Waals surface area contributed by atoms with Crippen molar-refractivity contribution in [3.05, 3.63) is 171 Å². The molecule has 0 saturated heterocycles. The average Bonchev–Trinajstić information content (AvgIpc) is 4.11. The molecule has 0 spiro atoms. The van der Waals surface area contributed by atoms with Crippen LogP contribution >= 0.6 is 0 Å². The largest absolute Gasteiger partial charge is 0.324 e. The van der Waals surface area contributed by atoms with Crippen LogP contribution in [-0.2, 0) is 0 Å². The predicted octanol–water partition coefficient (Wildman–Crippen LogP) is 11.1. The maximum Gasteiger partial charge on any atom is 0.165 e. The summed E-state index contributed by atoms with van der Waals surface area (Å²) in [5, 5.41) is 3.51. The van der Waals surface area contributed by atoms with Crippen molar-refractivity contribution in [1.29, 1.82) is 0 Å². The lowest BCUT2D eigenvalue weighted by Crippen LogP contribution is -1.88. The number of aromatic amines is 2. The maximum atomic E-state index is 5.41. The van der Waals surface area contributed by atoms with Crippen molar-refractivity contribution in [3.8, 4) is 90.1 Å². The summed E-state index contributed by atoms with van der Waals surface area (Å²) in [7, 11) is 0. The van der Waals surface area contributed by atoms with Crippen LogP contribution in [0.2, 0.25) is 0 Å². The van der Waals surface area contributed by atoms with Gasteiger partial charge in [0.25, 0.3) is 0 Å². The summed E-state index contributed by atoms with van der Waals surface area (Å²) >= 11 is 0. The first-order chi connectivity index (χ1) is 31.7. The first-order valence-corrected chi connectivity index (χ1v) is 20.7. The molecule has 0 unspecified atom stereocenters. The average molecular weight is 823 g/mol. The number of nitrogens with zero attached hydrogens (tertiary/aromatic N) is 10. The third kappa shape index (κ3) is 5.63. The van der Waals surface area contributed by atoms with Gasteiger partial charge in [-0.3, -0.25) is 19.9 Å². The maximum absolute atomic E-state index is 5.41. The van der Waals surface area contributed by atoms with Gasteiger partial charge in [-0.25, -0.2) is 29.9 Å². The standard InChI is InChI=1S/C52H30N12/c1-5-33(29-13-21-53-22-14-29)41-37(9-1)45-57-49(41)62-46-39-11-3-7-35(31-17-25-55-26-18-31)43(39)51(59-46)64-48-40-12-4-8-36(32-19-27-56-28-20-32)44(40)52(60-48)63-47-38-10-2-6-34(30-15-23-54-24-16-30)42(38)50(58-47)61-45/h1-28H,(H2,57,58,59,60,61,62,63,64). The van der Waals surface area contributed by atoms with Crippen molar-refractivity contribution in [3.63, 3.8) is 0 Å². The second-order valence-corrected chi connectivity index (χ2v) is 15.5. The van der Waals surface area contributed by atoms with Crippen LogP contribution in [0.5, 0.6) is 0 Å². The van der Waals surface area contributed by atoms with Crippen molar-refractivity contribution in [1.82, 2.24) is 59.8 Å². The van der Waals surface area contributed by atoms with Crippen LogP contribution in [-0.4, -0.2) is 59.8 Å². The monoisotopic (exact) mass is 822 g/mol. The molecule has 12 heteroatoms. The molecule has 0 fully saturated rings. The van der Waals surface area contributed by atoms with Crippen LogP contribution in [0.25, 0.3) is 134 Å². The predicted molar refractivity (Wildman–Crippen MR) is 249 cm³/mol. The van der Waals surface area contributed by atoms with E-state index in [0.717, 1.165) is 88.3 Å². The van der Waals surface area contributed by atoms with E-state index in [0.29, 0.717) is 45.9 Å². The van der Waals surface area contributed by atoms with E-state index >= 15 is 0 Å². The molecule has 11 aromatic rings. The first kappa shape index (κ1) is 35.6. The number of pyridine rings is 4. The van der Waals surface area contributed by atoms with E-state index in [-0.39, 0.29) is 0 Å². The van der Waals surface area contributed by atoms with Gasteiger partial charge in [-0.2, -0.15) is 0 Å². The highest BCUT2D eigenvalue weighted by molar-refractivity contribution is 6.14. The number of benzene rings is 4. The molecule has 4 aromatic carbocycles. The SMILES string of the molecule is c1cc(-c2ccncc2)c2c(c1)-c1nc-2nc2[nH]c(nc3nc(nc4[nH]c(n1)c1c(-c5ccncc5)cccc41)-c1c(-c4ccncc4)cccc1-3)c1c(-c3ccncc3)cccc21. The third-order valence-electron chi connectivity index (χ3n) is 11.9. The van der Waals surface area contributed by atoms with E-state index < -0.39 is 0 Å². The number of hydrogen-bond donors (Lipinski definition) is 2.